The quantitative estimate of drug-likeness (QED) is 0.825. The van der Waals surface area contributed by atoms with Crippen LogP contribution in [0.1, 0.15) is 63.7 Å². The van der Waals surface area contributed by atoms with Crippen LogP contribution in [0.2, 0.25) is 0 Å². The van der Waals surface area contributed by atoms with Crippen LogP contribution < -0.4 is 0 Å². The minimum atomic E-state index is -0.402. The van der Waals surface area contributed by atoms with Crippen molar-refractivity contribution >= 4 is 0 Å². The lowest BCUT2D eigenvalue weighted by Gasteiger charge is -2.24. The van der Waals surface area contributed by atoms with Crippen molar-refractivity contribution in [3.63, 3.8) is 0 Å². The van der Waals surface area contributed by atoms with Gasteiger partial charge in [0.1, 0.15) is 0 Å². The highest BCUT2D eigenvalue weighted by atomic mass is 16.5. The summed E-state index contributed by atoms with van der Waals surface area (Å²) >= 11 is 0. The zero-order chi connectivity index (χ0) is 13.8. The molecule has 0 fully saturated rings. The molecule has 1 rings (SSSR count). The predicted molar refractivity (Wildman–Crippen MR) is 75.8 cm³/mol. The Bertz CT molecular complexity index is 352. The fourth-order valence-electron chi connectivity index (χ4n) is 1.86. The van der Waals surface area contributed by atoms with Crippen LogP contribution in [0.5, 0.6) is 0 Å². The number of rotatable bonds is 6. The Kier molecular flexibility index (Phi) is 5.36. The van der Waals surface area contributed by atoms with Crippen molar-refractivity contribution in [3.05, 3.63) is 35.4 Å². The molecule has 1 unspecified atom stereocenters. The van der Waals surface area contributed by atoms with Crippen molar-refractivity contribution in [1.82, 2.24) is 0 Å². The van der Waals surface area contributed by atoms with Gasteiger partial charge < -0.3 is 9.84 Å². The third-order valence-electron chi connectivity index (χ3n) is 3.56. The molecule has 0 aliphatic rings. The van der Waals surface area contributed by atoms with Gasteiger partial charge in [0.15, 0.2) is 0 Å². The molecular formula is C16H26O2. The molecular weight excluding hydrogens is 224 g/mol. The lowest BCUT2D eigenvalue weighted by Crippen LogP contribution is -2.23. The van der Waals surface area contributed by atoms with Gasteiger partial charge >= 0.3 is 0 Å². The minimum Gasteiger partial charge on any atom is -0.388 e. The molecule has 0 aliphatic heterocycles. The van der Waals surface area contributed by atoms with Crippen LogP contribution in [0.3, 0.4) is 0 Å². The van der Waals surface area contributed by atoms with E-state index < -0.39 is 6.10 Å². The van der Waals surface area contributed by atoms with Crippen LogP contribution in [0, 0.1) is 0 Å². The van der Waals surface area contributed by atoms with Crippen LogP contribution in [0.4, 0.5) is 0 Å². The fourth-order valence-corrected chi connectivity index (χ4v) is 1.86. The van der Waals surface area contributed by atoms with Crippen molar-refractivity contribution in [3.8, 4) is 0 Å². The predicted octanol–water partition coefficient (Wildman–Crippen LogP) is 4.05. The summed E-state index contributed by atoms with van der Waals surface area (Å²) in [5.41, 5.74) is 2.13. The van der Waals surface area contributed by atoms with Crippen molar-refractivity contribution < 1.29 is 9.84 Å². The van der Waals surface area contributed by atoms with E-state index in [1.54, 1.807) is 7.11 Å². The largest absolute Gasteiger partial charge is 0.388 e. The molecule has 1 aromatic rings. The van der Waals surface area contributed by atoms with E-state index in [2.05, 4.69) is 26.0 Å². The van der Waals surface area contributed by atoms with Gasteiger partial charge in [0.2, 0.25) is 0 Å². The first-order chi connectivity index (χ1) is 8.35. The van der Waals surface area contributed by atoms with E-state index in [0.717, 1.165) is 18.4 Å². The summed E-state index contributed by atoms with van der Waals surface area (Å²) in [7, 11) is 1.71. The first-order valence-electron chi connectivity index (χ1n) is 6.69. The zero-order valence-electron chi connectivity index (χ0n) is 12.2. The van der Waals surface area contributed by atoms with Crippen LogP contribution in [-0.4, -0.2) is 17.8 Å². The highest BCUT2D eigenvalue weighted by Crippen LogP contribution is 2.25. The van der Waals surface area contributed by atoms with E-state index in [4.69, 9.17) is 4.74 Å². The Morgan fingerprint density at radius 3 is 2.06 bits per heavy atom. The molecule has 18 heavy (non-hydrogen) atoms. The van der Waals surface area contributed by atoms with Crippen molar-refractivity contribution in [1.29, 1.82) is 0 Å². The third-order valence-corrected chi connectivity index (χ3v) is 3.56. The average Bonchev–Trinajstić information content (AvgIpc) is 2.36. The maximum Gasteiger partial charge on any atom is 0.0791 e. The highest BCUT2D eigenvalue weighted by Gasteiger charge is 2.19. The summed E-state index contributed by atoms with van der Waals surface area (Å²) in [5.74, 6) is 0.531. The molecule has 2 heteroatoms. The molecule has 0 aliphatic carbocycles. The monoisotopic (exact) mass is 250 g/mol. The Hall–Kier alpha value is -0.860. The lowest BCUT2D eigenvalue weighted by molar-refractivity contribution is 0.00279. The van der Waals surface area contributed by atoms with E-state index in [-0.39, 0.29) is 5.60 Å². The van der Waals surface area contributed by atoms with Gasteiger partial charge in [-0.25, -0.2) is 0 Å². The standard InChI is InChI=1S/C16H26O2/c1-12(2)13-6-8-14(9-7-13)15(17)10-11-16(3,4)18-5/h6-9,12,15,17H,10-11H2,1-5H3. The summed E-state index contributed by atoms with van der Waals surface area (Å²) in [5, 5.41) is 10.2. The van der Waals surface area contributed by atoms with Crippen LogP contribution in [0.15, 0.2) is 24.3 Å². The van der Waals surface area contributed by atoms with Crippen LogP contribution in [-0.2, 0) is 4.74 Å². The smallest absolute Gasteiger partial charge is 0.0791 e. The molecule has 0 bridgehead atoms. The first kappa shape index (κ1) is 15.2. The van der Waals surface area contributed by atoms with Gasteiger partial charge in [0.05, 0.1) is 11.7 Å². The molecule has 0 saturated carbocycles. The number of aliphatic hydroxyl groups excluding tert-OH is 1. The van der Waals surface area contributed by atoms with Gasteiger partial charge in [-0.15, -0.1) is 0 Å². The Labute approximate surface area is 111 Å². The van der Waals surface area contributed by atoms with Gasteiger partial charge in [-0.05, 0) is 43.7 Å². The number of ether oxygens (including phenoxy) is 1. The second kappa shape index (κ2) is 6.35. The molecule has 0 radical (unpaired) electrons. The van der Waals surface area contributed by atoms with Gasteiger partial charge in [-0.2, -0.15) is 0 Å². The van der Waals surface area contributed by atoms with E-state index in [1.807, 2.05) is 26.0 Å². The van der Waals surface area contributed by atoms with Crippen molar-refractivity contribution in [2.24, 2.45) is 0 Å². The number of hydrogen-bond acceptors (Lipinski definition) is 2. The average molecular weight is 250 g/mol. The van der Waals surface area contributed by atoms with Crippen LogP contribution >= 0.6 is 0 Å². The third kappa shape index (κ3) is 4.43. The maximum absolute atomic E-state index is 10.2. The van der Waals surface area contributed by atoms with Crippen LogP contribution in [0.25, 0.3) is 0 Å². The minimum absolute atomic E-state index is 0.168. The van der Waals surface area contributed by atoms with Gasteiger partial charge in [-0.3, -0.25) is 0 Å². The number of methoxy groups -OCH3 is 1. The van der Waals surface area contributed by atoms with E-state index in [1.165, 1.54) is 5.56 Å². The SMILES string of the molecule is COC(C)(C)CCC(O)c1ccc(C(C)C)cc1. The second-order valence-electron chi connectivity index (χ2n) is 5.84. The molecule has 0 heterocycles. The van der Waals surface area contributed by atoms with E-state index in [9.17, 15) is 5.11 Å². The molecule has 0 amide bonds. The summed E-state index contributed by atoms with van der Waals surface area (Å²) in [4.78, 5) is 0. The summed E-state index contributed by atoms with van der Waals surface area (Å²) in [6.45, 7) is 8.43. The zero-order valence-corrected chi connectivity index (χ0v) is 12.2. The molecule has 1 atom stereocenters. The fraction of sp³-hybridized carbons (Fsp3) is 0.625. The van der Waals surface area contributed by atoms with Gasteiger partial charge in [0, 0.05) is 7.11 Å². The van der Waals surface area contributed by atoms with Crippen molar-refractivity contribution in [2.45, 2.75) is 58.2 Å². The van der Waals surface area contributed by atoms with Gasteiger partial charge in [-0.1, -0.05) is 38.1 Å². The molecule has 0 aromatic heterocycles. The molecule has 1 N–H and O–H groups in total. The molecule has 2 nitrogen and oxygen atoms in total. The van der Waals surface area contributed by atoms with E-state index in [0.29, 0.717) is 5.92 Å². The molecule has 1 aromatic carbocycles. The molecule has 0 spiro atoms. The Morgan fingerprint density at radius 2 is 1.61 bits per heavy atom. The normalized spacial score (nSPS) is 13.9. The van der Waals surface area contributed by atoms with Crippen molar-refractivity contribution in [2.75, 3.05) is 7.11 Å². The highest BCUT2D eigenvalue weighted by molar-refractivity contribution is 5.26. The Morgan fingerprint density at radius 1 is 1.11 bits per heavy atom. The lowest BCUT2D eigenvalue weighted by atomic mass is 9.95. The number of benzene rings is 1. The summed E-state index contributed by atoms with van der Waals surface area (Å²) < 4.78 is 5.36. The van der Waals surface area contributed by atoms with Gasteiger partial charge in [0.25, 0.3) is 0 Å². The topological polar surface area (TPSA) is 29.5 Å². The summed E-state index contributed by atoms with van der Waals surface area (Å²) in [6.07, 6.45) is 1.17. The number of hydrogen-bond donors (Lipinski definition) is 1. The first-order valence-corrected chi connectivity index (χ1v) is 6.69. The second-order valence-corrected chi connectivity index (χ2v) is 5.84. The van der Waals surface area contributed by atoms with E-state index >= 15 is 0 Å². The molecule has 0 saturated heterocycles. The maximum atomic E-state index is 10.2. The number of aliphatic hydroxyl groups is 1. The molecule has 102 valence electrons. The summed E-state index contributed by atoms with van der Waals surface area (Å²) in [6, 6.07) is 8.26. The Balaban J connectivity index is 2.59.